The summed E-state index contributed by atoms with van der Waals surface area (Å²) in [6.07, 6.45) is 1.54. The fraction of sp³-hybridized carbons (Fsp3) is 0.391. The number of thioether (sulfide) groups is 1. The number of benzene rings is 2. The van der Waals surface area contributed by atoms with E-state index in [1.807, 2.05) is 65.7 Å². The number of hydrogen-bond donors (Lipinski definition) is 1. The number of nitrogens with one attached hydrogen (secondary N) is 1. The van der Waals surface area contributed by atoms with Crippen LogP contribution in [-0.4, -0.2) is 52.0 Å². The van der Waals surface area contributed by atoms with Gasteiger partial charge in [0, 0.05) is 41.7 Å². The zero-order valence-electron chi connectivity index (χ0n) is 17.3. The van der Waals surface area contributed by atoms with Crippen molar-refractivity contribution in [1.29, 1.82) is 0 Å². The van der Waals surface area contributed by atoms with Gasteiger partial charge in [0.05, 0.1) is 4.87 Å². The van der Waals surface area contributed by atoms with Gasteiger partial charge in [0.25, 0.3) is 5.91 Å². The molecule has 5 nitrogen and oxygen atoms in total. The van der Waals surface area contributed by atoms with Crippen molar-refractivity contribution in [3.05, 3.63) is 64.2 Å². The highest BCUT2D eigenvalue weighted by Crippen LogP contribution is 2.44. The van der Waals surface area contributed by atoms with Gasteiger partial charge in [-0.25, -0.2) is 4.79 Å². The van der Waals surface area contributed by atoms with Crippen molar-refractivity contribution in [2.75, 3.05) is 30.7 Å². The van der Waals surface area contributed by atoms with E-state index in [2.05, 4.69) is 5.32 Å². The molecule has 2 fully saturated rings. The molecule has 30 heavy (non-hydrogen) atoms. The number of urea groups is 1. The number of halogens is 1. The molecule has 3 amide bonds. The normalized spacial score (nSPS) is 18.0. The van der Waals surface area contributed by atoms with Crippen molar-refractivity contribution >= 4 is 41.0 Å². The van der Waals surface area contributed by atoms with Gasteiger partial charge in [-0.1, -0.05) is 35.9 Å². The Hall–Kier alpha value is -2.18. The second-order valence-electron chi connectivity index (χ2n) is 7.95. The topological polar surface area (TPSA) is 52.7 Å². The molecule has 2 aliphatic rings. The highest BCUT2D eigenvalue weighted by atomic mass is 35.5. The lowest BCUT2D eigenvalue weighted by atomic mass is 10.0. The van der Waals surface area contributed by atoms with Crippen LogP contribution < -0.4 is 5.32 Å². The molecule has 1 spiro atoms. The van der Waals surface area contributed by atoms with Crippen LogP contribution in [0.25, 0.3) is 0 Å². The van der Waals surface area contributed by atoms with Crippen molar-refractivity contribution in [2.45, 2.75) is 31.6 Å². The molecule has 0 aliphatic carbocycles. The molecule has 2 aromatic rings. The van der Waals surface area contributed by atoms with Crippen LogP contribution in [-0.2, 0) is 0 Å². The SMILES string of the molecule is Cc1cccc(C)c1NC(=O)N1CCC2(CC1)SCCN2C(=O)c1cccc(Cl)c1. The Labute approximate surface area is 186 Å². The van der Waals surface area contributed by atoms with Crippen molar-refractivity contribution in [1.82, 2.24) is 9.80 Å². The van der Waals surface area contributed by atoms with Gasteiger partial charge in [-0.15, -0.1) is 11.8 Å². The third-order valence-electron chi connectivity index (χ3n) is 6.04. The molecule has 1 N–H and O–H groups in total. The molecule has 0 unspecified atom stereocenters. The second kappa shape index (κ2) is 8.52. The van der Waals surface area contributed by atoms with Crippen molar-refractivity contribution in [2.24, 2.45) is 0 Å². The summed E-state index contributed by atoms with van der Waals surface area (Å²) < 4.78 is 0. The fourth-order valence-electron chi connectivity index (χ4n) is 4.34. The number of carbonyl (C=O) groups is 2. The number of nitrogens with zero attached hydrogens (tertiary/aromatic N) is 2. The standard InChI is InChI=1S/C23H26ClN3O2S/c1-16-5-3-6-17(2)20(16)25-22(29)26-11-9-23(10-12-26)27(13-14-30-23)21(28)18-7-4-8-19(24)15-18/h3-8,15H,9-14H2,1-2H3,(H,25,29). The van der Waals surface area contributed by atoms with Gasteiger partial charge in [0.15, 0.2) is 0 Å². The van der Waals surface area contributed by atoms with Crippen LogP contribution >= 0.6 is 23.4 Å². The Morgan fingerprint density at radius 3 is 2.37 bits per heavy atom. The molecule has 2 saturated heterocycles. The Morgan fingerprint density at radius 2 is 1.70 bits per heavy atom. The van der Waals surface area contributed by atoms with E-state index in [-0.39, 0.29) is 16.8 Å². The minimum Gasteiger partial charge on any atom is -0.324 e. The molecule has 2 aliphatic heterocycles. The van der Waals surface area contributed by atoms with Crippen LogP contribution in [0.4, 0.5) is 10.5 Å². The first-order valence-corrected chi connectivity index (χ1v) is 11.6. The van der Waals surface area contributed by atoms with E-state index >= 15 is 0 Å². The molecule has 158 valence electrons. The van der Waals surface area contributed by atoms with Crippen LogP contribution in [0, 0.1) is 13.8 Å². The van der Waals surface area contributed by atoms with Crippen LogP contribution in [0.3, 0.4) is 0 Å². The fourth-order valence-corrected chi connectivity index (χ4v) is 5.99. The number of hydrogen-bond acceptors (Lipinski definition) is 3. The van der Waals surface area contributed by atoms with Crippen LogP contribution in [0.1, 0.15) is 34.3 Å². The monoisotopic (exact) mass is 443 g/mol. The van der Waals surface area contributed by atoms with Crippen molar-refractivity contribution in [3.8, 4) is 0 Å². The first-order chi connectivity index (χ1) is 14.4. The lowest BCUT2D eigenvalue weighted by Crippen LogP contribution is -2.54. The first-order valence-electron chi connectivity index (χ1n) is 10.2. The van der Waals surface area contributed by atoms with Gasteiger partial charge in [-0.3, -0.25) is 4.79 Å². The summed E-state index contributed by atoms with van der Waals surface area (Å²) in [6.45, 7) is 5.99. The lowest BCUT2D eigenvalue weighted by Gasteiger charge is -2.44. The van der Waals surface area contributed by atoms with E-state index in [0.717, 1.165) is 42.0 Å². The van der Waals surface area contributed by atoms with E-state index in [1.165, 1.54) is 0 Å². The highest BCUT2D eigenvalue weighted by molar-refractivity contribution is 8.00. The van der Waals surface area contributed by atoms with Crippen LogP contribution in [0.15, 0.2) is 42.5 Å². The molecule has 2 aromatic carbocycles. The highest BCUT2D eigenvalue weighted by Gasteiger charge is 2.47. The Bertz CT molecular complexity index is 952. The summed E-state index contributed by atoms with van der Waals surface area (Å²) >= 11 is 7.93. The average molecular weight is 444 g/mol. The summed E-state index contributed by atoms with van der Waals surface area (Å²) in [7, 11) is 0. The number of piperidine rings is 1. The molecule has 0 radical (unpaired) electrons. The molecule has 4 rings (SSSR count). The number of aryl methyl sites for hydroxylation is 2. The van der Waals surface area contributed by atoms with E-state index in [9.17, 15) is 9.59 Å². The Kier molecular flexibility index (Phi) is 5.98. The summed E-state index contributed by atoms with van der Waals surface area (Å²) in [5.41, 5.74) is 3.62. The lowest BCUT2D eigenvalue weighted by molar-refractivity contribution is 0.0585. The number of carbonyl (C=O) groups excluding carboxylic acids is 2. The Balaban J connectivity index is 1.44. The number of rotatable bonds is 2. The predicted octanol–water partition coefficient (Wildman–Crippen LogP) is 5.17. The molecule has 0 aromatic heterocycles. The number of likely N-dealkylation sites (tertiary alicyclic amines) is 1. The molecular formula is C23H26ClN3O2S. The summed E-state index contributed by atoms with van der Waals surface area (Å²) in [5, 5.41) is 3.65. The Morgan fingerprint density at radius 1 is 1.03 bits per heavy atom. The second-order valence-corrected chi connectivity index (χ2v) is 9.84. The first kappa shape index (κ1) is 21.1. The summed E-state index contributed by atoms with van der Waals surface area (Å²) in [6, 6.07) is 13.1. The third-order valence-corrected chi connectivity index (χ3v) is 7.83. The van der Waals surface area contributed by atoms with Gasteiger partial charge < -0.3 is 15.1 Å². The number of anilines is 1. The zero-order valence-corrected chi connectivity index (χ0v) is 18.9. The van der Waals surface area contributed by atoms with Gasteiger partial charge >= 0.3 is 6.03 Å². The molecular weight excluding hydrogens is 418 g/mol. The average Bonchev–Trinajstić information content (AvgIpc) is 3.13. The maximum atomic E-state index is 13.2. The van der Waals surface area contributed by atoms with Crippen LogP contribution in [0.5, 0.6) is 0 Å². The van der Waals surface area contributed by atoms with Gasteiger partial charge in [0.1, 0.15) is 0 Å². The maximum absolute atomic E-state index is 13.2. The number of para-hydroxylation sites is 1. The predicted molar refractivity (Wildman–Crippen MR) is 123 cm³/mol. The minimum absolute atomic E-state index is 0.0240. The van der Waals surface area contributed by atoms with E-state index in [4.69, 9.17) is 11.6 Å². The van der Waals surface area contributed by atoms with Crippen molar-refractivity contribution < 1.29 is 9.59 Å². The van der Waals surface area contributed by atoms with Gasteiger partial charge in [0.2, 0.25) is 0 Å². The maximum Gasteiger partial charge on any atom is 0.321 e. The van der Waals surface area contributed by atoms with E-state index in [0.29, 0.717) is 23.7 Å². The summed E-state index contributed by atoms with van der Waals surface area (Å²) in [4.78, 5) is 29.6. The summed E-state index contributed by atoms with van der Waals surface area (Å²) in [5.74, 6) is 0.942. The molecule has 7 heteroatoms. The molecule has 0 bridgehead atoms. The van der Waals surface area contributed by atoms with Crippen LogP contribution in [0.2, 0.25) is 5.02 Å². The minimum atomic E-state index is -0.241. The van der Waals surface area contributed by atoms with Crippen molar-refractivity contribution in [3.63, 3.8) is 0 Å². The molecule has 0 saturated carbocycles. The zero-order chi connectivity index (χ0) is 21.3. The molecule has 0 atom stereocenters. The van der Waals surface area contributed by atoms with E-state index in [1.54, 1.807) is 12.1 Å². The van der Waals surface area contributed by atoms with Gasteiger partial charge in [-0.05, 0) is 56.0 Å². The quantitative estimate of drug-likeness (QED) is 0.696. The molecule has 2 heterocycles. The smallest absolute Gasteiger partial charge is 0.321 e. The number of amides is 3. The van der Waals surface area contributed by atoms with E-state index < -0.39 is 0 Å². The van der Waals surface area contributed by atoms with Gasteiger partial charge in [-0.2, -0.15) is 0 Å². The largest absolute Gasteiger partial charge is 0.324 e. The third kappa shape index (κ3) is 4.03.